The van der Waals surface area contributed by atoms with Gasteiger partial charge in [0, 0.05) is 6.42 Å². The van der Waals surface area contributed by atoms with Crippen LogP contribution in [-0.4, -0.2) is 18.2 Å². The number of aliphatic hydroxyl groups is 1. The quantitative estimate of drug-likeness (QED) is 0.560. The fraction of sp³-hybridized carbons (Fsp3) is 0.615. The van der Waals surface area contributed by atoms with Crippen LogP contribution in [0.1, 0.15) is 50.4 Å². The second-order valence-electron chi connectivity index (χ2n) is 4.06. The van der Waals surface area contributed by atoms with Crippen molar-refractivity contribution < 1.29 is 19.1 Å². The van der Waals surface area contributed by atoms with Crippen LogP contribution >= 0.6 is 0 Å². The number of methoxy groups -OCH3 is 1. The van der Waals surface area contributed by atoms with Crippen LogP contribution in [0, 0.1) is 0 Å². The Morgan fingerprint density at radius 2 is 2.18 bits per heavy atom. The third kappa shape index (κ3) is 5.54. The fourth-order valence-corrected chi connectivity index (χ4v) is 1.69. The highest BCUT2D eigenvalue weighted by molar-refractivity contribution is 5.68. The number of esters is 1. The summed E-state index contributed by atoms with van der Waals surface area (Å²) in [4.78, 5) is 10.8. The lowest BCUT2D eigenvalue weighted by Gasteiger charge is -2.06. The van der Waals surface area contributed by atoms with Gasteiger partial charge >= 0.3 is 5.97 Å². The Labute approximate surface area is 102 Å². The third-order valence-electron chi connectivity index (χ3n) is 2.71. The van der Waals surface area contributed by atoms with Crippen molar-refractivity contribution in [2.24, 2.45) is 0 Å². The van der Waals surface area contributed by atoms with Crippen LogP contribution < -0.4 is 0 Å². The molecule has 96 valence electrons. The Kier molecular flexibility index (Phi) is 6.40. The molecule has 1 aromatic rings. The Morgan fingerprint density at radius 3 is 2.82 bits per heavy atom. The average molecular weight is 240 g/mol. The molecule has 0 aromatic carbocycles. The smallest absolute Gasteiger partial charge is 0.305 e. The summed E-state index contributed by atoms with van der Waals surface area (Å²) in [7, 11) is 1.40. The first-order valence-electron chi connectivity index (χ1n) is 6.02. The molecule has 0 amide bonds. The molecule has 17 heavy (non-hydrogen) atoms. The summed E-state index contributed by atoms with van der Waals surface area (Å²) < 4.78 is 9.66. The van der Waals surface area contributed by atoms with Gasteiger partial charge in [-0.2, -0.15) is 0 Å². The zero-order chi connectivity index (χ0) is 12.5. The van der Waals surface area contributed by atoms with Gasteiger partial charge in [0.25, 0.3) is 0 Å². The molecule has 0 spiro atoms. The van der Waals surface area contributed by atoms with E-state index in [0.717, 1.165) is 25.7 Å². The maximum Gasteiger partial charge on any atom is 0.305 e. The Morgan fingerprint density at radius 1 is 1.41 bits per heavy atom. The molecule has 0 radical (unpaired) electrons. The van der Waals surface area contributed by atoms with Gasteiger partial charge in [0.05, 0.1) is 13.4 Å². The van der Waals surface area contributed by atoms with Crippen molar-refractivity contribution >= 4 is 5.97 Å². The SMILES string of the molecule is COC(=O)CCCCCC[C@H](O)c1ccco1. The average Bonchev–Trinajstić information content (AvgIpc) is 2.86. The van der Waals surface area contributed by atoms with Gasteiger partial charge in [0.15, 0.2) is 0 Å². The molecule has 1 rings (SSSR count). The van der Waals surface area contributed by atoms with Crippen molar-refractivity contribution in [1.29, 1.82) is 0 Å². The molecule has 0 aliphatic carbocycles. The lowest BCUT2D eigenvalue weighted by Crippen LogP contribution is -1.99. The topological polar surface area (TPSA) is 59.7 Å². The van der Waals surface area contributed by atoms with Gasteiger partial charge in [-0.05, 0) is 25.0 Å². The van der Waals surface area contributed by atoms with E-state index in [1.807, 2.05) is 0 Å². The third-order valence-corrected chi connectivity index (χ3v) is 2.71. The fourth-order valence-electron chi connectivity index (χ4n) is 1.69. The Hall–Kier alpha value is -1.29. The van der Waals surface area contributed by atoms with E-state index < -0.39 is 6.10 Å². The molecular formula is C13H20O4. The zero-order valence-corrected chi connectivity index (χ0v) is 10.2. The maximum atomic E-state index is 10.8. The molecular weight excluding hydrogens is 220 g/mol. The second-order valence-corrected chi connectivity index (χ2v) is 4.06. The molecule has 1 atom stereocenters. The highest BCUT2D eigenvalue weighted by atomic mass is 16.5. The summed E-state index contributed by atoms with van der Waals surface area (Å²) in [5, 5.41) is 9.72. The predicted molar refractivity (Wildman–Crippen MR) is 63.4 cm³/mol. The molecule has 0 saturated carbocycles. The highest BCUT2D eigenvalue weighted by Gasteiger charge is 2.09. The molecule has 1 aromatic heterocycles. The van der Waals surface area contributed by atoms with Gasteiger partial charge in [-0.1, -0.05) is 19.3 Å². The van der Waals surface area contributed by atoms with Crippen molar-refractivity contribution in [3.63, 3.8) is 0 Å². The first-order valence-corrected chi connectivity index (χ1v) is 6.02. The minimum atomic E-state index is -0.509. The van der Waals surface area contributed by atoms with Crippen molar-refractivity contribution in [1.82, 2.24) is 0 Å². The molecule has 4 nitrogen and oxygen atoms in total. The standard InChI is InChI=1S/C13H20O4/c1-16-13(15)9-5-3-2-4-7-11(14)12-8-6-10-17-12/h6,8,10-11,14H,2-5,7,9H2,1H3/t11-/m0/s1. The molecule has 0 aliphatic heterocycles. The van der Waals surface area contributed by atoms with Gasteiger partial charge in [0.2, 0.25) is 0 Å². The number of carbonyl (C=O) groups is 1. The lowest BCUT2D eigenvalue weighted by molar-refractivity contribution is -0.140. The molecule has 0 unspecified atom stereocenters. The van der Waals surface area contributed by atoms with Crippen molar-refractivity contribution in [2.45, 2.75) is 44.6 Å². The van der Waals surface area contributed by atoms with Gasteiger partial charge in [-0.25, -0.2) is 0 Å². The molecule has 0 fully saturated rings. The molecule has 1 heterocycles. The van der Waals surface area contributed by atoms with Crippen LogP contribution in [0.2, 0.25) is 0 Å². The number of furan rings is 1. The van der Waals surface area contributed by atoms with Crippen molar-refractivity contribution in [3.05, 3.63) is 24.2 Å². The van der Waals surface area contributed by atoms with Crippen molar-refractivity contribution in [3.8, 4) is 0 Å². The molecule has 0 saturated heterocycles. The summed E-state index contributed by atoms with van der Waals surface area (Å²) in [6.45, 7) is 0. The normalized spacial score (nSPS) is 12.4. The number of hydrogen-bond acceptors (Lipinski definition) is 4. The summed E-state index contributed by atoms with van der Waals surface area (Å²) >= 11 is 0. The lowest BCUT2D eigenvalue weighted by atomic mass is 10.1. The predicted octanol–water partition coefficient (Wildman–Crippen LogP) is 2.83. The first kappa shape index (κ1) is 13.8. The summed E-state index contributed by atoms with van der Waals surface area (Å²) in [5.74, 6) is 0.472. The van der Waals surface area contributed by atoms with Gasteiger partial charge in [0.1, 0.15) is 11.9 Å². The van der Waals surface area contributed by atoms with E-state index in [2.05, 4.69) is 4.74 Å². The minimum Gasteiger partial charge on any atom is -0.469 e. The van der Waals surface area contributed by atoms with E-state index in [1.54, 1.807) is 18.4 Å². The maximum absolute atomic E-state index is 10.8. The van der Waals surface area contributed by atoms with E-state index in [1.165, 1.54) is 7.11 Å². The first-order chi connectivity index (χ1) is 8.24. The van der Waals surface area contributed by atoms with E-state index in [9.17, 15) is 9.90 Å². The van der Waals surface area contributed by atoms with E-state index in [-0.39, 0.29) is 5.97 Å². The number of unbranched alkanes of at least 4 members (excludes halogenated alkanes) is 3. The van der Waals surface area contributed by atoms with Crippen LogP contribution in [0.5, 0.6) is 0 Å². The highest BCUT2D eigenvalue weighted by Crippen LogP contribution is 2.20. The van der Waals surface area contributed by atoms with Gasteiger partial charge in [-0.15, -0.1) is 0 Å². The number of aliphatic hydroxyl groups excluding tert-OH is 1. The van der Waals surface area contributed by atoms with Crippen LogP contribution in [-0.2, 0) is 9.53 Å². The van der Waals surface area contributed by atoms with Crippen LogP contribution in [0.15, 0.2) is 22.8 Å². The van der Waals surface area contributed by atoms with Crippen LogP contribution in [0.25, 0.3) is 0 Å². The Balaban J connectivity index is 1.99. The van der Waals surface area contributed by atoms with Crippen molar-refractivity contribution in [2.75, 3.05) is 7.11 Å². The van der Waals surface area contributed by atoms with Crippen LogP contribution in [0.4, 0.5) is 0 Å². The zero-order valence-electron chi connectivity index (χ0n) is 10.2. The van der Waals surface area contributed by atoms with Gasteiger partial charge < -0.3 is 14.3 Å². The molecule has 4 heteroatoms. The van der Waals surface area contributed by atoms with Gasteiger partial charge in [-0.3, -0.25) is 4.79 Å². The summed E-state index contributed by atoms with van der Waals surface area (Å²) in [6.07, 6.45) is 6.02. The summed E-state index contributed by atoms with van der Waals surface area (Å²) in [5.41, 5.74) is 0. The largest absolute Gasteiger partial charge is 0.469 e. The molecule has 0 aliphatic rings. The minimum absolute atomic E-state index is 0.152. The van der Waals surface area contributed by atoms with E-state index in [4.69, 9.17) is 4.42 Å². The monoisotopic (exact) mass is 240 g/mol. The number of carbonyl (C=O) groups excluding carboxylic acids is 1. The second kappa shape index (κ2) is 7.90. The van der Waals surface area contributed by atoms with E-state index >= 15 is 0 Å². The Bertz CT molecular complexity index is 305. The number of ether oxygens (including phenoxy) is 1. The van der Waals surface area contributed by atoms with Crippen LogP contribution in [0.3, 0.4) is 0 Å². The number of rotatable bonds is 8. The molecule has 0 bridgehead atoms. The number of hydrogen-bond donors (Lipinski definition) is 1. The molecule has 1 N–H and O–H groups in total. The van der Waals surface area contributed by atoms with E-state index in [0.29, 0.717) is 18.6 Å². The summed E-state index contributed by atoms with van der Waals surface area (Å²) in [6, 6.07) is 3.55.